The van der Waals surface area contributed by atoms with Crippen molar-refractivity contribution in [2.24, 2.45) is 0 Å². The third-order valence-corrected chi connectivity index (χ3v) is 4.47. The van der Waals surface area contributed by atoms with Crippen LogP contribution in [0, 0.1) is 0 Å². The second kappa shape index (κ2) is 8.99. The van der Waals surface area contributed by atoms with Gasteiger partial charge in [-0.15, -0.1) is 0 Å². The summed E-state index contributed by atoms with van der Waals surface area (Å²) in [5, 5.41) is 2.97. The van der Waals surface area contributed by atoms with E-state index in [1.165, 1.54) is 12.1 Å². The van der Waals surface area contributed by atoms with E-state index in [-0.39, 0.29) is 10.9 Å². The van der Waals surface area contributed by atoms with Crippen LogP contribution in [0.1, 0.15) is 13.3 Å². The Hall–Kier alpha value is -1.15. The Labute approximate surface area is 126 Å². The molecule has 1 atom stereocenters. The number of rotatable bonds is 10. The zero-order chi connectivity index (χ0) is 15.7. The fourth-order valence-corrected chi connectivity index (χ4v) is 3.01. The van der Waals surface area contributed by atoms with Gasteiger partial charge in [-0.05, 0) is 37.7 Å². The highest BCUT2D eigenvalue weighted by atomic mass is 32.2. The first-order chi connectivity index (χ1) is 10.0. The summed E-state index contributed by atoms with van der Waals surface area (Å²) in [6.07, 6.45) is 0.665. The molecule has 7 heteroatoms. The summed E-state index contributed by atoms with van der Waals surface area (Å²) >= 11 is 0. The lowest BCUT2D eigenvalue weighted by Crippen LogP contribution is -2.37. The Morgan fingerprint density at radius 2 is 1.90 bits per heavy atom. The minimum Gasteiger partial charge on any atom is -0.492 e. The Kier molecular flexibility index (Phi) is 7.66. The average Bonchev–Trinajstić information content (AvgIpc) is 2.47. The van der Waals surface area contributed by atoms with Crippen molar-refractivity contribution in [3.05, 3.63) is 24.3 Å². The van der Waals surface area contributed by atoms with Crippen LogP contribution in [0.15, 0.2) is 29.2 Å². The molecular formula is C14H24N2O4S. The molecule has 0 aromatic heterocycles. The van der Waals surface area contributed by atoms with E-state index in [0.717, 1.165) is 6.54 Å². The molecule has 1 rings (SSSR count). The van der Waals surface area contributed by atoms with Gasteiger partial charge in [-0.25, -0.2) is 13.1 Å². The van der Waals surface area contributed by atoms with Gasteiger partial charge in [-0.2, -0.15) is 0 Å². The van der Waals surface area contributed by atoms with Gasteiger partial charge in [0.05, 0.1) is 11.5 Å². The smallest absolute Gasteiger partial charge is 0.240 e. The second-order valence-electron chi connectivity index (χ2n) is 4.61. The SMILES string of the molecule is CCC(COC)NS(=O)(=O)c1ccc(OCCNC)cc1. The number of sulfonamides is 1. The zero-order valence-electron chi connectivity index (χ0n) is 12.8. The van der Waals surface area contributed by atoms with Crippen LogP contribution in [-0.4, -0.2) is 48.4 Å². The second-order valence-corrected chi connectivity index (χ2v) is 6.32. The van der Waals surface area contributed by atoms with Crippen molar-refractivity contribution < 1.29 is 17.9 Å². The van der Waals surface area contributed by atoms with Gasteiger partial charge < -0.3 is 14.8 Å². The van der Waals surface area contributed by atoms with E-state index >= 15 is 0 Å². The molecule has 0 saturated carbocycles. The number of benzene rings is 1. The molecule has 2 N–H and O–H groups in total. The van der Waals surface area contributed by atoms with E-state index in [4.69, 9.17) is 9.47 Å². The highest BCUT2D eigenvalue weighted by Gasteiger charge is 2.18. The summed E-state index contributed by atoms with van der Waals surface area (Å²) < 4.78 is 37.5. The number of nitrogens with one attached hydrogen (secondary N) is 2. The molecule has 0 heterocycles. The predicted molar refractivity (Wildman–Crippen MR) is 82.1 cm³/mol. The molecule has 120 valence electrons. The van der Waals surface area contributed by atoms with Crippen LogP contribution in [0.5, 0.6) is 5.75 Å². The summed E-state index contributed by atoms with van der Waals surface area (Å²) in [5.74, 6) is 0.646. The van der Waals surface area contributed by atoms with E-state index in [2.05, 4.69) is 10.0 Å². The van der Waals surface area contributed by atoms with Crippen LogP contribution in [0.2, 0.25) is 0 Å². The molecule has 1 aromatic rings. The molecule has 0 aliphatic carbocycles. The van der Waals surface area contributed by atoms with Crippen molar-refractivity contribution in [1.29, 1.82) is 0 Å². The van der Waals surface area contributed by atoms with Crippen LogP contribution >= 0.6 is 0 Å². The molecule has 0 radical (unpaired) electrons. The minimum atomic E-state index is -3.53. The lowest BCUT2D eigenvalue weighted by Gasteiger charge is -2.16. The van der Waals surface area contributed by atoms with Gasteiger partial charge in [0.1, 0.15) is 12.4 Å². The van der Waals surface area contributed by atoms with Gasteiger partial charge in [0.2, 0.25) is 10.0 Å². The maximum absolute atomic E-state index is 12.2. The summed E-state index contributed by atoms with van der Waals surface area (Å²) in [5.41, 5.74) is 0. The molecule has 1 aromatic carbocycles. The van der Waals surface area contributed by atoms with Gasteiger partial charge in [0, 0.05) is 19.7 Å². The van der Waals surface area contributed by atoms with Gasteiger partial charge in [-0.3, -0.25) is 0 Å². The standard InChI is InChI=1S/C14H24N2O4S/c1-4-12(11-19-3)16-21(17,18)14-7-5-13(6-8-14)20-10-9-15-2/h5-8,12,15-16H,4,9-11H2,1-3H3. The molecule has 0 aliphatic heterocycles. The van der Waals surface area contributed by atoms with Gasteiger partial charge in [0.15, 0.2) is 0 Å². The first kappa shape index (κ1) is 17.9. The van der Waals surface area contributed by atoms with E-state index in [1.807, 2.05) is 14.0 Å². The Morgan fingerprint density at radius 1 is 1.24 bits per heavy atom. The van der Waals surface area contributed by atoms with Crippen LogP contribution in [0.4, 0.5) is 0 Å². The largest absolute Gasteiger partial charge is 0.492 e. The molecule has 0 amide bonds. The fraction of sp³-hybridized carbons (Fsp3) is 0.571. The first-order valence-electron chi connectivity index (χ1n) is 6.92. The van der Waals surface area contributed by atoms with Crippen molar-refractivity contribution in [3.63, 3.8) is 0 Å². The normalized spacial score (nSPS) is 13.1. The third kappa shape index (κ3) is 6.01. The molecular weight excluding hydrogens is 292 g/mol. The van der Waals surface area contributed by atoms with Gasteiger partial charge in [-0.1, -0.05) is 6.92 Å². The fourth-order valence-electron chi connectivity index (χ4n) is 1.71. The average molecular weight is 316 g/mol. The summed E-state index contributed by atoms with van der Waals surface area (Å²) in [6.45, 7) is 3.52. The molecule has 0 saturated heterocycles. The van der Waals surface area contributed by atoms with E-state index < -0.39 is 10.0 Å². The number of hydrogen-bond acceptors (Lipinski definition) is 5. The Morgan fingerprint density at radius 3 is 2.43 bits per heavy atom. The Bertz CT molecular complexity index is 502. The molecule has 0 spiro atoms. The van der Waals surface area contributed by atoms with Crippen LogP contribution < -0.4 is 14.8 Å². The van der Waals surface area contributed by atoms with Crippen LogP contribution in [0.25, 0.3) is 0 Å². The maximum atomic E-state index is 12.2. The number of likely N-dealkylation sites (N-methyl/N-ethyl adjacent to an activating group) is 1. The van der Waals surface area contributed by atoms with Crippen molar-refractivity contribution >= 4 is 10.0 Å². The first-order valence-corrected chi connectivity index (χ1v) is 8.40. The number of methoxy groups -OCH3 is 1. The predicted octanol–water partition coefficient (Wildman–Crippen LogP) is 0.988. The van der Waals surface area contributed by atoms with Crippen LogP contribution in [0.3, 0.4) is 0 Å². The van der Waals surface area contributed by atoms with E-state index in [1.54, 1.807) is 19.2 Å². The molecule has 0 aliphatic rings. The van der Waals surface area contributed by atoms with E-state index in [0.29, 0.717) is 25.4 Å². The van der Waals surface area contributed by atoms with Crippen LogP contribution in [-0.2, 0) is 14.8 Å². The summed E-state index contributed by atoms with van der Waals surface area (Å²) in [6, 6.07) is 6.15. The highest BCUT2D eigenvalue weighted by molar-refractivity contribution is 7.89. The minimum absolute atomic E-state index is 0.220. The Balaban J connectivity index is 2.70. The van der Waals surface area contributed by atoms with Crippen molar-refractivity contribution in [1.82, 2.24) is 10.0 Å². The third-order valence-electron chi connectivity index (χ3n) is 2.94. The molecule has 21 heavy (non-hydrogen) atoms. The zero-order valence-corrected chi connectivity index (χ0v) is 13.6. The van der Waals surface area contributed by atoms with Crippen molar-refractivity contribution in [3.8, 4) is 5.75 Å². The maximum Gasteiger partial charge on any atom is 0.240 e. The summed E-state index contributed by atoms with van der Waals surface area (Å²) in [4.78, 5) is 0.220. The lowest BCUT2D eigenvalue weighted by molar-refractivity contribution is 0.173. The van der Waals surface area contributed by atoms with E-state index in [9.17, 15) is 8.42 Å². The molecule has 1 unspecified atom stereocenters. The summed E-state index contributed by atoms with van der Waals surface area (Å²) in [7, 11) is -0.142. The molecule has 0 fully saturated rings. The number of ether oxygens (including phenoxy) is 2. The van der Waals surface area contributed by atoms with Crippen molar-refractivity contribution in [2.75, 3.05) is 33.9 Å². The highest BCUT2D eigenvalue weighted by Crippen LogP contribution is 2.16. The molecule has 6 nitrogen and oxygen atoms in total. The van der Waals surface area contributed by atoms with Gasteiger partial charge >= 0.3 is 0 Å². The van der Waals surface area contributed by atoms with Gasteiger partial charge in [0.25, 0.3) is 0 Å². The lowest BCUT2D eigenvalue weighted by atomic mass is 10.3. The molecule has 0 bridgehead atoms. The quantitative estimate of drug-likeness (QED) is 0.630. The monoisotopic (exact) mass is 316 g/mol. The number of hydrogen-bond donors (Lipinski definition) is 2. The van der Waals surface area contributed by atoms with Crippen molar-refractivity contribution in [2.45, 2.75) is 24.3 Å². The topological polar surface area (TPSA) is 76.7 Å².